The van der Waals surface area contributed by atoms with E-state index < -0.39 is 10.0 Å². The molecule has 0 saturated carbocycles. The molecule has 3 aromatic rings. The number of benzene rings is 3. The summed E-state index contributed by atoms with van der Waals surface area (Å²) in [6, 6.07) is 17.3. The van der Waals surface area contributed by atoms with Crippen molar-refractivity contribution in [3.8, 4) is 11.5 Å². The van der Waals surface area contributed by atoms with Crippen LogP contribution in [0.2, 0.25) is 10.0 Å². The first kappa shape index (κ1) is 30.2. The van der Waals surface area contributed by atoms with E-state index in [9.17, 15) is 18.0 Å². The number of carbonyl (C=O) groups is 2. The Kier molecular flexibility index (Phi) is 9.27. The summed E-state index contributed by atoms with van der Waals surface area (Å²) in [6.07, 6.45) is 1.11. The van der Waals surface area contributed by atoms with Crippen molar-refractivity contribution in [2.75, 3.05) is 51.0 Å². The lowest BCUT2D eigenvalue weighted by atomic mass is 9.94. The van der Waals surface area contributed by atoms with Gasteiger partial charge in [0.15, 0.2) is 0 Å². The number of likely N-dealkylation sites (tertiary alicyclic amines) is 1. The fourth-order valence-corrected chi connectivity index (χ4v) is 6.54. The number of anilines is 1. The van der Waals surface area contributed by atoms with Crippen molar-refractivity contribution in [3.05, 3.63) is 82.3 Å². The number of ether oxygens (including phenoxy) is 1. The number of rotatable bonds is 7. The molecule has 2 fully saturated rings. The van der Waals surface area contributed by atoms with E-state index >= 15 is 0 Å². The van der Waals surface area contributed by atoms with Crippen LogP contribution in [-0.2, 0) is 14.8 Å². The smallest absolute Gasteiger partial charge is 0.261 e. The first-order valence-corrected chi connectivity index (χ1v) is 16.0. The zero-order valence-electron chi connectivity index (χ0n) is 23.1. The number of para-hydroxylation sites is 1. The van der Waals surface area contributed by atoms with E-state index in [1.165, 1.54) is 42.5 Å². The number of sulfonamides is 1. The fraction of sp³-hybridized carbons (Fsp3) is 0.333. The van der Waals surface area contributed by atoms with E-state index in [1.807, 2.05) is 11.9 Å². The summed E-state index contributed by atoms with van der Waals surface area (Å²) >= 11 is 12.4. The minimum absolute atomic E-state index is 0.00871. The number of likely N-dealkylation sites (N-methyl/N-ethyl adjacent to an activating group) is 1. The molecule has 42 heavy (non-hydrogen) atoms. The third kappa shape index (κ3) is 7.00. The molecule has 12 heteroatoms. The first-order chi connectivity index (χ1) is 20.1. The van der Waals surface area contributed by atoms with Crippen molar-refractivity contribution in [2.45, 2.75) is 17.7 Å². The maximum absolute atomic E-state index is 13.6. The maximum Gasteiger partial charge on any atom is 0.261 e. The standard InChI is InChI=1S/C30H32Cl2N4O5S/c1-34-16-18-36(19-17-34)29(37)21-12-14-35(15-13-21)30(38)25-20-22(31)6-11-27(25)33-42(39,40)24-9-7-23(8-10-24)41-28-5-3-2-4-26(28)32/h2-11,20-21,33H,12-19H2,1H3. The maximum atomic E-state index is 13.6. The number of carbonyl (C=O) groups excluding carboxylic acids is 2. The second-order valence-corrected chi connectivity index (χ2v) is 13.0. The van der Waals surface area contributed by atoms with Gasteiger partial charge in [0.1, 0.15) is 11.5 Å². The minimum Gasteiger partial charge on any atom is -0.456 e. The quantitative estimate of drug-likeness (QED) is 0.385. The van der Waals surface area contributed by atoms with Crippen LogP contribution in [0.5, 0.6) is 11.5 Å². The number of hydrogen-bond acceptors (Lipinski definition) is 6. The third-order valence-electron chi connectivity index (χ3n) is 7.60. The Morgan fingerprint density at radius 2 is 1.52 bits per heavy atom. The molecular formula is C30H32Cl2N4O5S. The lowest BCUT2D eigenvalue weighted by molar-refractivity contribution is -0.138. The van der Waals surface area contributed by atoms with Crippen molar-refractivity contribution >= 4 is 50.7 Å². The van der Waals surface area contributed by atoms with E-state index in [0.29, 0.717) is 47.5 Å². The van der Waals surface area contributed by atoms with E-state index in [0.717, 1.165) is 26.2 Å². The van der Waals surface area contributed by atoms with Crippen LogP contribution in [0, 0.1) is 5.92 Å². The van der Waals surface area contributed by atoms with Crippen LogP contribution >= 0.6 is 23.2 Å². The normalized spacial score (nSPS) is 16.7. The number of amides is 2. The molecule has 5 rings (SSSR count). The van der Waals surface area contributed by atoms with Gasteiger partial charge in [-0.25, -0.2) is 8.42 Å². The topological polar surface area (TPSA) is 99.3 Å². The van der Waals surface area contributed by atoms with E-state index in [4.69, 9.17) is 27.9 Å². The Labute approximate surface area is 256 Å². The summed E-state index contributed by atoms with van der Waals surface area (Å²) in [7, 11) is -2.00. The average molecular weight is 632 g/mol. The van der Waals surface area contributed by atoms with Gasteiger partial charge in [-0.05, 0) is 74.5 Å². The lowest BCUT2D eigenvalue weighted by Gasteiger charge is -2.37. The number of piperazine rings is 1. The Balaban J connectivity index is 1.25. The van der Waals surface area contributed by atoms with Crippen LogP contribution < -0.4 is 9.46 Å². The van der Waals surface area contributed by atoms with Crippen LogP contribution in [0.4, 0.5) is 5.69 Å². The van der Waals surface area contributed by atoms with E-state index in [2.05, 4.69) is 9.62 Å². The zero-order chi connectivity index (χ0) is 29.9. The predicted octanol–water partition coefficient (Wildman–Crippen LogP) is 5.21. The number of nitrogens with zero attached hydrogens (tertiary/aromatic N) is 3. The Morgan fingerprint density at radius 1 is 0.857 bits per heavy atom. The van der Waals surface area contributed by atoms with Crippen molar-refractivity contribution in [3.63, 3.8) is 0 Å². The third-order valence-corrected chi connectivity index (χ3v) is 9.53. The second kappa shape index (κ2) is 12.9. The van der Waals surface area contributed by atoms with Crippen molar-refractivity contribution < 1.29 is 22.7 Å². The number of halogens is 2. The molecule has 1 N–H and O–H groups in total. The van der Waals surface area contributed by atoms with Crippen LogP contribution in [0.15, 0.2) is 71.6 Å². The average Bonchev–Trinajstić information content (AvgIpc) is 2.99. The number of piperidine rings is 1. The number of hydrogen-bond donors (Lipinski definition) is 1. The highest BCUT2D eigenvalue weighted by molar-refractivity contribution is 7.92. The molecule has 2 amide bonds. The highest BCUT2D eigenvalue weighted by Gasteiger charge is 2.32. The SMILES string of the molecule is CN1CCN(C(=O)C2CCN(C(=O)c3cc(Cl)ccc3NS(=O)(=O)c3ccc(Oc4ccccc4Cl)cc3)CC2)CC1. The summed E-state index contributed by atoms with van der Waals surface area (Å²) in [4.78, 5) is 32.3. The predicted molar refractivity (Wildman–Crippen MR) is 163 cm³/mol. The van der Waals surface area contributed by atoms with Crippen LogP contribution in [0.25, 0.3) is 0 Å². The molecule has 2 aliphatic rings. The summed E-state index contributed by atoms with van der Waals surface area (Å²) in [5.41, 5.74) is 0.269. The molecule has 2 heterocycles. The monoisotopic (exact) mass is 630 g/mol. The molecule has 2 saturated heterocycles. The van der Waals surface area contributed by atoms with Gasteiger partial charge in [0.25, 0.3) is 15.9 Å². The number of nitrogens with one attached hydrogen (secondary N) is 1. The largest absolute Gasteiger partial charge is 0.456 e. The van der Waals surface area contributed by atoms with Crippen molar-refractivity contribution in [1.29, 1.82) is 0 Å². The summed E-state index contributed by atoms with van der Waals surface area (Å²) in [5, 5.41) is 0.740. The fourth-order valence-electron chi connectivity index (χ4n) is 5.11. The van der Waals surface area contributed by atoms with Gasteiger partial charge in [-0.15, -0.1) is 0 Å². The van der Waals surface area contributed by atoms with Gasteiger partial charge in [0, 0.05) is 50.2 Å². The Bertz CT molecular complexity index is 1550. The van der Waals surface area contributed by atoms with Gasteiger partial charge in [-0.2, -0.15) is 0 Å². The van der Waals surface area contributed by atoms with E-state index in [1.54, 1.807) is 29.2 Å². The van der Waals surface area contributed by atoms with Crippen molar-refractivity contribution in [1.82, 2.24) is 14.7 Å². The van der Waals surface area contributed by atoms with Gasteiger partial charge in [0.2, 0.25) is 5.91 Å². The highest BCUT2D eigenvalue weighted by atomic mass is 35.5. The molecule has 0 radical (unpaired) electrons. The minimum atomic E-state index is -4.05. The summed E-state index contributed by atoms with van der Waals surface area (Å²) < 4.78 is 34.8. The van der Waals surface area contributed by atoms with Crippen molar-refractivity contribution in [2.24, 2.45) is 5.92 Å². The molecule has 0 aromatic heterocycles. The molecule has 0 unspecified atom stereocenters. The lowest BCUT2D eigenvalue weighted by Crippen LogP contribution is -2.51. The Morgan fingerprint density at radius 3 is 2.19 bits per heavy atom. The molecule has 3 aromatic carbocycles. The molecule has 222 valence electrons. The molecule has 0 atom stereocenters. The van der Waals surface area contributed by atoms with Gasteiger partial charge in [0.05, 0.1) is 21.2 Å². The molecule has 0 aliphatic carbocycles. The molecule has 0 spiro atoms. The molecular weight excluding hydrogens is 599 g/mol. The second-order valence-electron chi connectivity index (χ2n) is 10.5. The summed E-state index contributed by atoms with van der Waals surface area (Å²) in [6.45, 7) is 3.95. The highest BCUT2D eigenvalue weighted by Crippen LogP contribution is 2.31. The van der Waals surface area contributed by atoms with Gasteiger partial charge >= 0.3 is 0 Å². The zero-order valence-corrected chi connectivity index (χ0v) is 25.5. The van der Waals surface area contributed by atoms with Gasteiger partial charge in [-0.1, -0.05) is 35.3 Å². The van der Waals surface area contributed by atoms with Gasteiger partial charge < -0.3 is 19.4 Å². The van der Waals surface area contributed by atoms with Crippen LogP contribution in [0.3, 0.4) is 0 Å². The van der Waals surface area contributed by atoms with E-state index in [-0.39, 0.29) is 33.9 Å². The molecule has 0 bridgehead atoms. The molecule has 2 aliphatic heterocycles. The van der Waals surface area contributed by atoms with Gasteiger partial charge in [-0.3, -0.25) is 14.3 Å². The first-order valence-electron chi connectivity index (χ1n) is 13.7. The summed E-state index contributed by atoms with van der Waals surface area (Å²) in [5.74, 6) is 0.544. The molecule has 9 nitrogen and oxygen atoms in total. The van der Waals surface area contributed by atoms with Crippen LogP contribution in [-0.4, -0.2) is 81.2 Å². The Hall–Kier alpha value is -3.31. The van der Waals surface area contributed by atoms with Crippen LogP contribution in [0.1, 0.15) is 23.2 Å².